The summed E-state index contributed by atoms with van der Waals surface area (Å²) in [6.07, 6.45) is -2.08. The van der Waals surface area contributed by atoms with E-state index in [1.54, 1.807) is 20.8 Å². The molecule has 1 unspecified atom stereocenters. The maximum atomic E-state index is 11.9. The summed E-state index contributed by atoms with van der Waals surface area (Å²) in [5.41, 5.74) is -0.531. The first kappa shape index (κ1) is 20.7. The van der Waals surface area contributed by atoms with Gasteiger partial charge in [0, 0.05) is 0 Å². The maximum absolute atomic E-state index is 11.9. The molecule has 0 spiro atoms. The number of carbonyl (C=O) groups is 2. The molecule has 0 aromatic heterocycles. The number of alkyl halides is 3. The van der Waals surface area contributed by atoms with Crippen LogP contribution in [0.2, 0.25) is 0 Å². The van der Waals surface area contributed by atoms with Crippen LogP contribution in [-0.2, 0) is 19.1 Å². The zero-order valence-corrected chi connectivity index (χ0v) is 13.6. The Kier molecular flexibility index (Phi) is 8.48. The van der Waals surface area contributed by atoms with Crippen LogP contribution in [0.4, 0.5) is 13.2 Å². The average Bonchev–Trinajstić information content (AvgIpc) is 2.34. The standard InChI is InChI=1S/C15H25F3O4/c1-5-11(12(19)22-14(2,3)4)9-7-6-8-10-21-13(20)15(16,17)18/h11H,5-10H2,1-4H3. The van der Waals surface area contributed by atoms with Gasteiger partial charge in [-0.25, -0.2) is 4.79 Å². The lowest BCUT2D eigenvalue weighted by Gasteiger charge is -2.23. The molecule has 0 aliphatic carbocycles. The Morgan fingerprint density at radius 2 is 1.64 bits per heavy atom. The minimum atomic E-state index is -4.94. The van der Waals surface area contributed by atoms with Gasteiger partial charge in [-0.05, 0) is 40.0 Å². The minimum Gasteiger partial charge on any atom is -0.460 e. The Morgan fingerprint density at radius 1 is 1.05 bits per heavy atom. The Balaban J connectivity index is 3.89. The van der Waals surface area contributed by atoms with Crippen molar-refractivity contribution in [1.82, 2.24) is 0 Å². The van der Waals surface area contributed by atoms with Crippen LogP contribution < -0.4 is 0 Å². The number of halogens is 3. The Bertz CT molecular complexity index is 359. The molecular formula is C15H25F3O4. The van der Waals surface area contributed by atoms with Gasteiger partial charge in [0.1, 0.15) is 5.60 Å². The van der Waals surface area contributed by atoms with Crippen molar-refractivity contribution < 1.29 is 32.2 Å². The van der Waals surface area contributed by atoms with Crippen LogP contribution in [0.25, 0.3) is 0 Å². The van der Waals surface area contributed by atoms with E-state index < -0.39 is 17.7 Å². The van der Waals surface area contributed by atoms with Gasteiger partial charge in [0.15, 0.2) is 0 Å². The van der Waals surface area contributed by atoms with Crippen molar-refractivity contribution >= 4 is 11.9 Å². The molecule has 0 aliphatic rings. The van der Waals surface area contributed by atoms with Crippen LogP contribution in [-0.4, -0.2) is 30.3 Å². The number of esters is 2. The largest absolute Gasteiger partial charge is 0.490 e. The zero-order chi connectivity index (χ0) is 17.4. The number of rotatable bonds is 8. The van der Waals surface area contributed by atoms with Crippen LogP contribution in [0.15, 0.2) is 0 Å². The first-order valence-corrected chi connectivity index (χ1v) is 7.44. The third-order valence-electron chi connectivity index (χ3n) is 2.89. The highest BCUT2D eigenvalue weighted by Crippen LogP contribution is 2.20. The number of hydrogen-bond acceptors (Lipinski definition) is 4. The van der Waals surface area contributed by atoms with E-state index in [9.17, 15) is 22.8 Å². The van der Waals surface area contributed by atoms with Gasteiger partial charge in [-0.2, -0.15) is 13.2 Å². The molecule has 0 aromatic rings. The van der Waals surface area contributed by atoms with Crippen LogP contribution in [0.3, 0.4) is 0 Å². The molecule has 0 amide bonds. The van der Waals surface area contributed by atoms with Gasteiger partial charge in [-0.3, -0.25) is 4.79 Å². The Hall–Kier alpha value is -1.27. The second-order valence-electron chi connectivity index (χ2n) is 6.12. The van der Waals surface area contributed by atoms with Crippen molar-refractivity contribution in [2.75, 3.05) is 6.61 Å². The highest BCUT2D eigenvalue weighted by molar-refractivity contribution is 5.75. The van der Waals surface area contributed by atoms with Gasteiger partial charge in [-0.15, -0.1) is 0 Å². The van der Waals surface area contributed by atoms with Crippen LogP contribution >= 0.6 is 0 Å². The van der Waals surface area contributed by atoms with E-state index in [0.717, 1.165) is 0 Å². The monoisotopic (exact) mass is 326 g/mol. The van der Waals surface area contributed by atoms with Crippen molar-refractivity contribution in [2.24, 2.45) is 5.92 Å². The quantitative estimate of drug-likeness (QED) is 0.499. The molecule has 22 heavy (non-hydrogen) atoms. The fraction of sp³-hybridized carbons (Fsp3) is 0.867. The molecule has 0 heterocycles. The van der Waals surface area contributed by atoms with Crippen LogP contribution in [0, 0.1) is 5.92 Å². The molecule has 130 valence electrons. The summed E-state index contributed by atoms with van der Waals surface area (Å²) in [5.74, 6) is -2.62. The van der Waals surface area contributed by atoms with E-state index in [-0.39, 0.29) is 18.5 Å². The van der Waals surface area contributed by atoms with E-state index in [1.807, 2.05) is 6.92 Å². The Labute approximate surface area is 129 Å². The fourth-order valence-electron chi connectivity index (χ4n) is 1.79. The first-order valence-electron chi connectivity index (χ1n) is 7.44. The molecule has 0 saturated carbocycles. The normalized spacial score (nSPS) is 13.6. The third-order valence-corrected chi connectivity index (χ3v) is 2.89. The lowest BCUT2D eigenvalue weighted by molar-refractivity contribution is -0.199. The number of ether oxygens (including phenoxy) is 2. The summed E-state index contributed by atoms with van der Waals surface area (Å²) in [4.78, 5) is 22.4. The summed E-state index contributed by atoms with van der Waals surface area (Å²) >= 11 is 0. The molecule has 7 heteroatoms. The molecule has 0 radical (unpaired) electrons. The highest BCUT2D eigenvalue weighted by Gasteiger charge is 2.40. The lowest BCUT2D eigenvalue weighted by Crippen LogP contribution is -2.28. The van der Waals surface area contributed by atoms with Gasteiger partial charge in [-0.1, -0.05) is 19.8 Å². The first-order chi connectivity index (χ1) is 9.97. The molecule has 1 atom stereocenters. The molecule has 0 N–H and O–H groups in total. The molecule has 0 fully saturated rings. The van der Waals surface area contributed by atoms with E-state index in [4.69, 9.17) is 4.74 Å². The van der Waals surface area contributed by atoms with E-state index in [1.165, 1.54) is 0 Å². The van der Waals surface area contributed by atoms with Gasteiger partial charge in [0.25, 0.3) is 0 Å². The predicted octanol–water partition coefficient (Wildman–Crippen LogP) is 4.02. The van der Waals surface area contributed by atoms with Gasteiger partial charge in [0.2, 0.25) is 0 Å². The molecule has 0 aromatic carbocycles. The molecule has 0 aliphatic heterocycles. The molecular weight excluding hydrogens is 301 g/mol. The van der Waals surface area contributed by atoms with Crippen LogP contribution in [0.1, 0.15) is 59.8 Å². The summed E-state index contributed by atoms with van der Waals surface area (Å²) in [6.45, 7) is 7.02. The fourth-order valence-corrected chi connectivity index (χ4v) is 1.79. The smallest absolute Gasteiger partial charge is 0.460 e. The third kappa shape index (κ3) is 9.63. The van der Waals surface area contributed by atoms with Gasteiger partial charge in [0.05, 0.1) is 12.5 Å². The highest BCUT2D eigenvalue weighted by atomic mass is 19.4. The number of unbranched alkanes of at least 4 members (excludes halogenated alkanes) is 2. The van der Waals surface area contributed by atoms with E-state index >= 15 is 0 Å². The number of carbonyl (C=O) groups excluding carboxylic acids is 2. The lowest BCUT2D eigenvalue weighted by atomic mass is 9.98. The topological polar surface area (TPSA) is 52.6 Å². The van der Waals surface area contributed by atoms with E-state index in [0.29, 0.717) is 32.1 Å². The van der Waals surface area contributed by atoms with Crippen molar-refractivity contribution in [1.29, 1.82) is 0 Å². The maximum Gasteiger partial charge on any atom is 0.490 e. The molecule has 4 nitrogen and oxygen atoms in total. The van der Waals surface area contributed by atoms with Gasteiger partial charge < -0.3 is 9.47 Å². The van der Waals surface area contributed by atoms with Crippen molar-refractivity contribution in [3.8, 4) is 0 Å². The molecule has 0 saturated heterocycles. The summed E-state index contributed by atoms with van der Waals surface area (Å²) in [6, 6.07) is 0. The number of hydrogen-bond donors (Lipinski definition) is 0. The summed E-state index contributed by atoms with van der Waals surface area (Å²) in [5, 5.41) is 0. The van der Waals surface area contributed by atoms with Crippen LogP contribution in [0.5, 0.6) is 0 Å². The predicted molar refractivity (Wildman–Crippen MR) is 75.1 cm³/mol. The summed E-state index contributed by atoms with van der Waals surface area (Å²) in [7, 11) is 0. The molecule has 0 rings (SSSR count). The van der Waals surface area contributed by atoms with Crippen molar-refractivity contribution in [3.05, 3.63) is 0 Å². The second kappa shape index (κ2) is 9.00. The minimum absolute atomic E-state index is 0.211. The SMILES string of the molecule is CCC(CCCCCOC(=O)C(F)(F)F)C(=O)OC(C)(C)C. The van der Waals surface area contributed by atoms with Gasteiger partial charge >= 0.3 is 18.1 Å². The Morgan fingerprint density at radius 3 is 2.09 bits per heavy atom. The van der Waals surface area contributed by atoms with Crippen molar-refractivity contribution in [2.45, 2.75) is 71.6 Å². The second-order valence-corrected chi connectivity index (χ2v) is 6.12. The zero-order valence-electron chi connectivity index (χ0n) is 13.6. The van der Waals surface area contributed by atoms with E-state index in [2.05, 4.69) is 4.74 Å². The van der Waals surface area contributed by atoms with Crippen molar-refractivity contribution in [3.63, 3.8) is 0 Å². The molecule has 0 bridgehead atoms. The average molecular weight is 326 g/mol. The summed E-state index contributed by atoms with van der Waals surface area (Å²) < 4.78 is 45.0.